The van der Waals surface area contributed by atoms with Gasteiger partial charge in [0.1, 0.15) is 0 Å². The summed E-state index contributed by atoms with van der Waals surface area (Å²) in [5.41, 5.74) is 6.80. The van der Waals surface area contributed by atoms with Crippen molar-refractivity contribution in [1.82, 2.24) is 9.78 Å². The van der Waals surface area contributed by atoms with Crippen molar-refractivity contribution < 1.29 is 0 Å². The van der Waals surface area contributed by atoms with Gasteiger partial charge >= 0.3 is 0 Å². The summed E-state index contributed by atoms with van der Waals surface area (Å²) in [6.07, 6.45) is 3.00. The second-order valence-electron chi connectivity index (χ2n) is 3.98. The third kappa shape index (κ3) is 2.31. The summed E-state index contributed by atoms with van der Waals surface area (Å²) in [6.45, 7) is 8.10. The first-order valence-electron chi connectivity index (χ1n) is 4.84. The lowest BCUT2D eigenvalue weighted by molar-refractivity contribution is 0.462. The first-order chi connectivity index (χ1) is 6.10. The summed E-state index contributed by atoms with van der Waals surface area (Å²) in [5.74, 6) is 0. The van der Waals surface area contributed by atoms with E-state index in [1.54, 1.807) is 0 Å². The summed E-state index contributed by atoms with van der Waals surface area (Å²) in [7, 11) is 0. The summed E-state index contributed by atoms with van der Waals surface area (Å²) in [6, 6.07) is 2.08. The third-order valence-corrected chi connectivity index (χ3v) is 2.43. The van der Waals surface area contributed by atoms with Crippen LogP contribution in [0.1, 0.15) is 32.9 Å². The maximum Gasteiger partial charge on any atom is 0.0681 e. The van der Waals surface area contributed by atoms with E-state index in [-0.39, 0.29) is 5.41 Å². The van der Waals surface area contributed by atoms with E-state index >= 15 is 0 Å². The van der Waals surface area contributed by atoms with E-state index in [2.05, 4.69) is 31.9 Å². The Balaban J connectivity index is 2.80. The second-order valence-corrected chi connectivity index (χ2v) is 3.98. The van der Waals surface area contributed by atoms with Gasteiger partial charge in [0.05, 0.1) is 5.69 Å². The molecule has 0 saturated heterocycles. The fraction of sp³-hybridized carbons (Fsp3) is 0.700. The summed E-state index contributed by atoms with van der Waals surface area (Å²) in [5, 5.41) is 4.48. The van der Waals surface area contributed by atoms with Gasteiger partial charge in [-0.3, -0.25) is 4.68 Å². The zero-order valence-electron chi connectivity index (χ0n) is 8.75. The maximum atomic E-state index is 5.56. The first kappa shape index (κ1) is 10.3. The topological polar surface area (TPSA) is 43.8 Å². The normalized spacial score (nSPS) is 12.0. The molecular formula is C10H19N3. The highest BCUT2D eigenvalue weighted by Gasteiger charge is 2.21. The van der Waals surface area contributed by atoms with E-state index < -0.39 is 0 Å². The van der Waals surface area contributed by atoms with Crippen LogP contribution in [-0.2, 0) is 12.0 Å². The van der Waals surface area contributed by atoms with Gasteiger partial charge in [-0.2, -0.15) is 5.10 Å². The van der Waals surface area contributed by atoms with Crippen molar-refractivity contribution in [3.05, 3.63) is 18.0 Å². The molecule has 0 unspecified atom stereocenters. The largest absolute Gasteiger partial charge is 0.330 e. The van der Waals surface area contributed by atoms with E-state index in [1.165, 1.54) is 0 Å². The Hall–Kier alpha value is -0.830. The quantitative estimate of drug-likeness (QED) is 0.765. The van der Waals surface area contributed by atoms with Gasteiger partial charge in [0.15, 0.2) is 0 Å². The van der Waals surface area contributed by atoms with Crippen LogP contribution in [0.5, 0.6) is 0 Å². The predicted octanol–water partition coefficient (Wildman–Crippen LogP) is 1.53. The molecule has 0 spiro atoms. The molecule has 0 saturated carbocycles. The standard InChI is InChI=1S/C10H19N3/c1-4-13-8-5-9(12-13)10(2,3)6-7-11/h5,8H,4,6-7,11H2,1-3H3. The van der Waals surface area contributed by atoms with E-state index in [0.717, 1.165) is 18.7 Å². The Kier molecular flexibility index (Phi) is 3.09. The van der Waals surface area contributed by atoms with Crippen molar-refractivity contribution in [2.75, 3.05) is 6.54 Å². The molecule has 1 aromatic heterocycles. The molecule has 13 heavy (non-hydrogen) atoms. The van der Waals surface area contributed by atoms with Crippen LogP contribution in [0.4, 0.5) is 0 Å². The fourth-order valence-corrected chi connectivity index (χ4v) is 1.39. The first-order valence-corrected chi connectivity index (χ1v) is 4.84. The maximum absolute atomic E-state index is 5.56. The monoisotopic (exact) mass is 181 g/mol. The molecule has 0 aliphatic rings. The molecule has 1 rings (SSSR count). The zero-order valence-corrected chi connectivity index (χ0v) is 8.75. The molecule has 3 nitrogen and oxygen atoms in total. The van der Waals surface area contributed by atoms with Gasteiger partial charge in [0, 0.05) is 18.2 Å². The van der Waals surface area contributed by atoms with Crippen LogP contribution in [0.15, 0.2) is 12.3 Å². The van der Waals surface area contributed by atoms with E-state index in [1.807, 2.05) is 10.9 Å². The lowest BCUT2D eigenvalue weighted by Gasteiger charge is -2.20. The van der Waals surface area contributed by atoms with Gasteiger partial charge in [-0.1, -0.05) is 13.8 Å². The molecule has 0 radical (unpaired) electrons. The van der Waals surface area contributed by atoms with E-state index in [9.17, 15) is 0 Å². The fourth-order valence-electron chi connectivity index (χ4n) is 1.39. The van der Waals surface area contributed by atoms with Crippen molar-refractivity contribution in [3.63, 3.8) is 0 Å². The minimum atomic E-state index is 0.106. The predicted molar refractivity (Wildman–Crippen MR) is 54.6 cm³/mol. The van der Waals surface area contributed by atoms with Gasteiger partial charge in [-0.05, 0) is 26.0 Å². The van der Waals surface area contributed by atoms with Gasteiger partial charge in [-0.25, -0.2) is 0 Å². The van der Waals surface area contributed by atoms with Crippen molar-refractivity contribution in [3.8, 4) is 0 Å². The van der Waals surface area contributed by atoms with Gasteiger partial charge < -0.3 is 5.73 Å². The van der Waals surface area contributed by atoms with Gasteiger partial charge in [0.2, 0.25) is 0 Å². The van der Waals surface area contributed by atoms with Crippen molar-refractivity contribution in [2.24, 2.45) is 5.73 Å². The minimum Gasteiger partial charge on any atom is -0.330 e. The van der Waals surface area contributed by atoms with Gasteiger partial charge in [0.25, 0.3) is 0 Å². The highest BCUT2D eigenvalue weighted by Crippen LogP contribution is 2.24. The van der Waals surface area contributed by atoms with Crippen LogP contribution in [0.25, 0.3) is 0 Å². The highest BCUT2D eigenvalue weighted by molar-refractivity contribution is 5.12. The smallest absolute Gasteiger partial charge is 0.0681 e. The number of rotatable bonds is 4. The van der Waals surface area contributed by atoms with Crippen LogP contribution < -0.4 is 5.73 Å². The van der Waals surface area contributed by atoms with Crippen molar-refractivity contribution in [2.45, 2.75) is 39.2 Å². The molecule has 0 aliphatic heterocycles. The molecule has 74 valence electrons. The SMILES string of the molecule is CCn1ccc(C(C)(C)CCN)n1. The van der Waals surface area contributed by atoms with Crippen LogP contribution in [0.3, 0.4) is 0 Å². The third-order valence-electron chi connectivity index (χ3n) is 2.43. The summed E-state index contributed by atoms with van der Waals surface area (Å²) in [4.78, 5) is 0. The molecule has 0 aliphatic carbocycles. The Morgan fingerprint density at radius 2 is 2.23 bits per heavy atom. The molecule has 1 heterocycles. The Labute approximate surface area is 79.9 Å². The zero-order chi connectivity index (χ0) is 9.90. The Morgan fingerprint density at radius 1 is 1.54 bits per heavy atom. The van der Waals surface area contributed by atoms with Crippen molar-refractivity contribution >= 4 is 0 Å². The molecule has 1 aromatic rings. The van der Waals surface area contributed by atoms with E-state index in [0.29, 0.717) is 6.54 Å². The second kappa shape index (κ2) is 3.92. The average Bonchev–Trinajstić information content (AvgIpc) is 2.52. The lowest BCUT2D eigenvalue weighted by atomic mass is 9.86. The summed E-state index contributed by atoms with van der Waals surface area (Å²) < 4.78 is 1.95. The molecule has 2 N–H and O–H groups in total. The lowest BCUT2D eigenvalue weighted by Crippen LogP contribution is -2.22. The number of hydrogen-bond donors (Lipinski definition) is 1. The number of nitrogens with two attached hydrogens (primary N) is 1. The number of aromatic nitrogens is 2. The Bertz CT molecular complexity index is 263. The van der Waals surface area contributed by atoms with Gasteiger partial charge in [-0.15, -0.1) is 0 Å². The molecule has 0 aromatic carbocycles. The number of nitrogens with zero attached hydrogens (tertiary/aromatic N) is 2. The van der Waals surface area contributed by atoms with Crippen LogP contribution in [-0.4, -0.2) is 16.3 Å². The molecule has 0 fully saturated rings. The van der Waals surface area contributed by atoms with Crippen LogP contribution >= 0.6 is 0 Å². The molecule has 3 heteroatoms. The van der Waals surface area contributed by atoms with Crippen LogP contribution in [0.2, 0.25) is 0 Å². The number of aryl methyl sites for hydroxylation is 1. The van der Waals surface area contributed by atoms with Crippen LogP contribution in [0, 0.1) is 0 Å². The number of hydrogen-bond acceptors (Lipinski definition) is 2. The average molecular weight is 181 g/mol. The van der Waals surface area contributed by atoms with E-state index in [4.69, 9.17) is 5.73 Å². The summed E-state index contributed by atoms with van der Waals surface area (Å²) >= 11 is 0. The minimum absolute atomic E-state index is 0.106. The molecular weight excluding hydrogens is 162 g/mol. The molecule has 0 bridgehead atoms. The molecule has 0 amide bonds. The highest BCUT2D eigenvalue weighted by atomic mass is 15.3. The Morgan fingerprint density at radius 3 is 2.69 bits per heavy atom. The molecule has 0 atom stereocenters. The van der Waals surface area contributed by atoms with Crippen molar-refractivity contribution in [1.29, 1.82) is 0 Å².